The molecule has 6 heteroatoms. The SMILES string of the molecule is CC(Cc1ccccc1)[NH2+]CCCC(c1ccccc1)c1ccccn1.O=C([O-])/C=C/C(=O)O. The van der Waals surface area contributed by atoms with Crippen molar-refractivity contribution in [2.75, 3.05) is 6.54 Å². The van der Waals surface area contributed by atoms with Crippen LogP contribution in [0.4, 0.5) is 0 Å². The summed E-state index contributed by atoms with van der Waals surface area (Å²) >= 11 is 0. The Balaban J connectivity index is 0.000000440. The van der Waals surface area contributed by atoms with Crippen LogP contribution in [0.2, 0.25) is 0 Å². The Morgan fingerprint density at radius 2 is 1.62 bits per heavy atom. The van der Waals surface area contributed by atoms with Crippen molar-refractivity contribution in [2.24, 2.45) is 0 Å². The molecule has 1 heterocycles. The van der Waals surface area contributed by atoms with E-state index < -0.39 is 11.9 Å². The molecule has 0 saturated carbocycles. The van der Waals surface area contributed by atoms with Crippen LogP contribution in [0.25, 0.3) is 0 Å². The van der Waals surface area contributed by atoms with Crippen LogP contribution < -0.4 is 10.4 Å². The van der Waals surface area contributed by atoms with Crippen molar-refractivity contribution < 1.29 is 25.1 Å². The maximum Gasteiger partial charge on any atom is 0.328 e. The first-order valence-corrected chi connectivity index (χ1v) is 11.4. The number of carbonyl (C=O) groups is 2. The summed E-state index contributed by atoms with van der Waals surface area (Å²) in [5, 5.41) is 19.7. The number of hydrogen-bond acceptors (Lipinski definition) is 4. The number of carboxylic acid groups (broad SMARTS) is 2. The molecule has 1 aromatic heterocycles. The molecule has 0 aliphatic rings. The summed E-state index contributed by atoms with van der Waals surface area (Å²) in [6.45, 7) is 3.48. The standard InChI is InChI=1S/C24H28N2.C4H4O4/c1-20(19-21-11-4-2-5-12-21)25-18-10-15-23(22-13-6-3-7-14-22)24-16-8-9-17-26-24;5-3(6)1-2-4(7)8/h2-9,11-14,16-17,20,23,25H,10,15,18-19H2,1H3;1-2H,(H,5,6)(H,7,8)/b;2-1+. The summed E-state index contributed by atoms with van der Waals surface area (Å²) < 4.78 is 0. The molecule has 2 unspecified atom stereocenters. The van der Waals surface area contributed by atoms with Crippen molar-refractivity contribution in [3.63, 3.8) is 0 Å². The molecule has 0 radical (unpaired) electrons. The van der Waals surface area contributed by atoms with Gasteiger partial charge in [-0.2, -0.15) is 0 Å². The zero-order chi connectivity index (χ0) is 24.6. The van der Waals surface area contributed by atoms with E-state index in [1.807, 2.05) is 12.3 Å². The molecule has 0 amide bonds. The Bertz CT molecular complexity index is 953. The fourth-order valence-electron chi connectivity index (χ4n) is 3.69. The van der Waals surface area contributed by atoms with Crippen LogP contribution in [-0.4, -0.2) is 34.6 Å². The molecule has 34 heavy (non-hydrogen) atoms. The molecule has 3 rings (SSSR count). The number of aliphatic carboxylic acids is 2. The fourth-order valence-corrected chi connectivity index (χ4v) is 3.69. The van der Waals surface area contributed by atoms with Crippen molar-refractivity contribution in [3.05, 3.63) is 114 Å². The summed E-state index contributed by atoms with van der Waals surface area (Å²) in [6.07, 6.45) is 6.30. The molecule has 0 aliphatic heterocycles. The molecular formula is C28H32N2O4. The highest BCUT2D eigenvalue weighted by atomic mass is 16.4. The van der Waals surface area contributed by atoms with Gasteiger partial charge in [-0.25, -0.2) is 4.79 Å². The molecule has 0 spiro atoms. The number of pyridine rings is 1. The van der Waals surface area contributed by atoms with E-state index in [9.17, 15) is 14.7 Å². The van der Waals surface area contributed by atoms with E-state index in [-0.39, 0.29) is 0 Å². The molecule has 0 saturated heterocycles. The van der Waals surface area contributed by atoms with Crippen molar-refractivity contribution in [1.29, 1.82) is 0 Å². The number of nitrogens with two attached hydrogens (primary N) is 1. The maximum atomic E-state index is 9.53. The molecule has 0 bridgehead atoms. The third kappa shape index (κ3) is 10.7. The van der Waals surface area contributed by atoms with Crippen molar-refractivity contribution in [1.82, 2.24) is 4.98 Å². The van der Waals surface area contributed by atoms with Crippen molar-refractivity contribution in [2.45, 2.75) is 38.1 Å². The number of carbonyl (C=O) groups excluding carboxylic acids is 1. The van der Waals surface area contributed by atoms with Crippen LogP contribution in [0.15, 0.2) is 97.2 Å². The van der Waals surface area contributed by atoms with Gasteiger partial charge < -0.3 is 20.3 Å². The minimum absolute atomic E-state index is 0.384. The Hall–Kier alpha value is -3.77. The number of nitrogens with zero attached hydrogens (tertiary/aromatic N) is 1. The van der Waals surface area contributed by atoms with Gasteiger partial charge in [0, 0.05) is 30.3 Å². The van der Waals surface area contributed by atoms with Crippen LogP contribution in [0.3, 0.4) is 0 Å². The van der Waals surface area contributed by atoms with E-state index in [1.54, 1.807) is 0 Å². The van der Waals surface area contributed by atoms with Gasteiger partial charge in [0.25, 0.3) is 0 Å². The third-order valence-electron chi connectivity index (χ3n) is 5.28. The van der Waals surface area contributed by atoms with E-state index in [2.05, 4.69) is 90.0 Å². The Morgan fingerprint density at radius 1 is 0.971 bits per heavy atom. The fraction of sp³-hybridized carbons (Fsp3) is 0.250. The lowest BCUT2D eigenvalue weighted by Crippen LogP contribution is -2.89. The van der Waals surface area contributed by atoms with Gasteiger partial charge in [0.1, 0.15) is 0 Å². The Kier molecular flexibility index (Phi) is 11.8. The van der Waals surface area contributed by atoms with Crippen LogP contribution in [-0.2, 0) is 16.0 Å². The molecule has 3 N–H and O–H groups in total. The summed E-state index contributed by atoms with van der Waals surface area (Å²) in [6, 6.07) is 28.4. The molecular weight excluding hydrogens is 428 g/mol. The van der Waals surface area contributed by atoms with Crippen LogP contribution in [0.1, 0.15) is 42.5 Å². The lowest BCUT2D eigenvalue weighted by molar-refractivity contribution is -0.686. The lowest BCUT2D eigenvalue weighted by Gasteiger charge is -2.17. The number of hydrogen-bond donors (Lipinski definition) is 2. The normalized spacial score (nSPS) is 12.4. The zero-order valence-corrected chi connectivity index (χ0v) is 19.4. The highest BCUT2D eigenvalue weighted by Crippen LogP contribution is 2.27. The summed E-state index contributed by atoms with van der Waals surface area (Å²) in [4.78, 5) is 23.6. The minimum Gasteiger partial charge on any atom is -0.545 e. The van der Waals surface area contributed by atoms with Gasteiger partial charge >= 0.3 is 5.97 Å². The largest absolute Gasteiger partial charge is 0.545 e. The van der Waals surface area contributed by atoms with Gasteiger partial charge in [0.2, 0.25) is 0 Å². The van der Waals surface area contributed by atoms with Gasteiger partial charge in [-0.1, -0.05) is 66.7 Å². The number of quaternary nitrogens is 1. The first-order chi connectivity index (χ1) is 16.5. The first kappa shape index (κ1) is 26.5. The second-order valence-electron chi connectivity index (χ2n) is 8.04. The summed E-state index contributed by atoms with van der Waals surface area (Å²) in [5.74, 6) is -2.42. The van der Waals surface area contributed by atoms with E-state index in [0.717, 1.165) is 19.4 Å². The maximum absolute atomic E-state index is 9.53. The quantitative estimate of drug-likeness (QED) is 0.338. The average molecular weight is 461 g/mol. The summed E-state index contributed by atoms with van der Waals surface area (Å²) in [5.41, 5.74) is 3.96. The number of benzene rings is 2. The number of rotatable bonds is 11. The predicted molar refractivity (Wildman–Crippen MR) is 130 cm³/mol. The van der Waals surface area contributed by atoms with E-state index in [4.69, 9.17) is 5.11 Å². The van der Waals surface area contributed by atoms with Crippen LogP contribution in [0, 0.1) is 0 Å². The second-order valence-corrected chi connectivity index (χ2v) is 8.04. The molecule has 0 aliphatic carbocycles. The molecule has 2 atom stereocenters. The summed E-state index contributed by atoms with van der Waals surface area (Å²) in [7, 11) is 0. The average Bonchev–Trinajstić information content (AvgIpc) is 2.85. The van der Waals surface area contributed by atoms with Gasteiger partial charge in [0.05, 0.1) is 18.6 Å². The molecule has 3 aromatic rings. The van der Waals surface area contributed by atoms with Crippen molar-refractivity contribution in [3.8, 4) is 0 Å². The second kappa shape index (κ2) is 15.1. The third-order valence-corrected chi connectivity index (χ3v) is 5.28. The molecule has 0 fully saturated rings. The monoisotopic (exact) mass is 460 g/mol. The Morgan fingerprint density at radius 3 is 2.18 bits per heavy atom. The number of carboxylic acids is 2. The van der Waals surface area contributed by atoms with Gasteiger partial charge in [-0.3, -0.25) is 4.98 Å². The predicted octanol–water partition coefficient (Wildman–Crippen LogP) is 2.57. The first-order valence-electron chi connectivity index (χ1n) is 11.4. The molecule has 6 nitrogen and oxygen atoms in total. The van der Waals surface area contributed by atoms with Gasteiger partial charge in [-0.05, 0) is 49.1 Å². The molecule has 178 valence electrons. The van der Waals surface area contributed by atoms with Crippen LogP contribution in [0.5, 0.6) is 0 Å². The molecule has 2 aromatic carbocycles. The zero-order valence-electron chi connectivity index (χ0n) is 19.4. The van der Waals surface area contributed by atoms with Crippen molar-refractivity contribution >= 4 is 11.9 Å². The smallest absolute Gasteiger partial charge is 0.328 e. The van der Waals surface area contributed by atoms with E-state index in [1.165, 1.54) is 23.2 Å². The highest BCUT2D eigenvalue weighted by Gasteiger charge is 2.15. The van der Waals surface area contributed by atoms with Crippen LogP contribution >= 0.6 is 0 Å². The number of aromatic nitrogens is 1. The minimum atomic E-state index is -1.51. The lowest BCUT2D eigenvalue weighted by atomic mass is 9.90. The van der Waals surface area contributed by atoms with E-state index in [0.29, 0.717) is 24.1 Å². The Labute approximate surface area is 201 Å². The highest BCUT2D eigenvalue weighted by molar-refractivity contribution is 5.88. The van der Waals surface area contributed by atoms with Gasteiger partial charge in [-0.15, -0.1) is 0 Å². The van der Waals surface area contributed by atoms with Gasteiger partial charge in [0.15, 0.2) is 0 Å². The van der Waals surface area contributed by atoms with E-state index >= 15 is 0 Å². The topological polar surface area (TPSA) is 107 Å².